The van der Waals surface area contributed by atoms with E-state index in [1.165, 1.54) is 11.3 Å². The molecule has 3 N–H and O–H groups in total. The molecule has 1 amide bonds. The maximum Gasteiger partial charge on any atom is 0.242 e. The highest BCUT2D eigenvalue weighted by Gasteiger charge is 2.10. The summed E-state index contributed by atoms with van der Waals surface area (Å²) in [5.74, 6) is -0.232. The van der Waals surface area contributed by atoms with Gasteiger partial charge < -0.3 is 5.73 Å². The fourth-order valence-corrected chi connectivity index (χ4v) is 1.68. The van der Waals surface area contributed by atoms with Crippen LogP contribution < -0.4 is 11.1 Å². The third-order valence-electron chi connectivity index (χ3n) is 1.57. The smallest absolute Gasteiger partial charge is 0.242 e. The Bertz CT molecular complexity index is 315. The van der Waals surface area contributed by atoms with Crippen LogP contribution in [0.4, 0.5) is 5.13 Å². The summed E-state index contributed by atoms with van der Waals surface area (Å²) in [6.07, 6.45) is 1.92. The average molecular weight is 251 g/mol. The monoisotopic (exact) mass is 250 g/mol. The van der Waals surface area contributed by atoms with Gasteiger partial charge in [-0.1, -0.05) is 18.3 Å². The quantitative estimate of drug-likeness (QED) is 0.841. The van der Waals surface area contributed by atoms with Crippen LogP contribution in [0.5, 0.6) is 0 Å². The van der Waals surface area contributed by atoms with Crippen LogP contribution in [0.3, 0.4) is 0 Å². The lowest BCUT2D eigenvalue weighted by Crippen LogP contribution is -2.32. The summed E-state index contributed by atoms with van der Waals surface area (Å²) in [7, 11) is 0. The highest BCUT2D eigenvalue weighted by molar-refractivity contribution is 7.15. The van der Waals surface area contributed by atoms with E-state index in [0.29, 0.717) is 5.13 Å². The van der Waals surface area contributed by atoms with Crippen LogP contribution in [-0.4, -0.2) is 22.1 Å². The van der Waals surface area contributed by atoms with Crippen LogP contribution in [0.1, 0.15) is 25.3 Å². The SMILES string of the molecule is CCCc1nnc(NC(=O)[C@@H](C)N)s1.Cl. The number of aryl methyl sites for hydroxylation is 1. The minimum absolute atomic E-state index is 0. The third-order valence-corrected chi connectivity index (χ3v) is 2.47. The van der Waals surface area contributed by atoms with Gasteiger partial charge in [0.2, 0.25) is 11.0 Å². The highest BCUT2D eigenvalue weighted by Crippen LogP contribution is 2.16. The van der Waals surface area contributed by atoms with Gasteiger partial charge in [-0.25, -0.2) is 0 Å². The maximum absolute atomic E-state index is 11.2. The normalized spacial score (nSPS) is 11.7. The number of halogens is 1. The van der Waals surface area contributed by atoms with Gasteiger partial charge in [0, 0.05) is 6.42 Å². The van der Waals surface area contributed by atoms with Crippen molar-refractivity contribution in [2.24, 2.45) is 5.73 Å². The Morgan fingerprint density at radius 2 is 2.27 bits per heavy atom. The van der Waals surface area contributed by atoms with Gasteiger partial charge in [-0.15, -0.1) is 22.6 Å². The van der Waals surface area contributed by atoms with Crippen molar-refractivity contribution in [1.82, 2.24) is 10.2 Å². The zero-order valence-corrected chi connectivity index (χ0v) is 10.3. The summed E-state index contributed by atoms with van der Waals surface area (Å²) in [6.45, 7) is 3.70. The molecule has 15 heavy (non-hydrogen) atoms. The van der Waals surface area contributed by atoms with Gasteiger partial charge in [0.05, 0.1) is 6.04 Å². The molecule has 0 saturated heterocycles. The Hall–Kier alpha value is -0.720. The zero-order valence-electron chi connectivity index (χ0n) is 8.69. The Morgan fingerprint density at radius 1 is 1.60 bits per heavy atom. The highest BCUT2D eigenvalue weighted by atomic mass is 35.5. The molecule has 0 radical (unpaired) electrons. The van der Waals surface area contributed by atoms with E-state index in [1.54, 1.807) is 6.92 Å². The molecule has 0 bridgehead atoms. The van der Waals surface area contributed by atoms with Gasteiger partial charge >= 0.3 is 0 Å². The first kappa shape index (κ1) is 14.3. The second-order valence-electron chi connectivity index (χ2n) is 3.03. The van der Waals surface area contributed by atoms with Crippen LogP contribution >= 0.6 is 23.7 Å². The molecule has 7 heteroatoms. The number of hydrogen-bond donors (Lipinski definition) is 2. The topological polar surface area (TPSA) is 80.9 Å². The van der Waals surface area contributed by atoms with Crippen molar-refractivity contribution in [3.8, 4) is 0 Å². The van der Waals surface area contributed by atoms with E-state index in [9.17, 15) is 4.79 Å². The van der Waals surface area contributed by atoms with Crippen LogP contribution in [0.2, 0.25) is 0 Å². The summed E-state index contributed by atoms with van der Waals surface area (Å²) in [4.78, 5) is 11.2. The molecule has 0 aromatic carbocycles. The van der Waals surface area contributed by atoms with Crippen molar-refractivity contribution >= 4 is 34.8 Å². The van der Waals surface area contributed by atoms with Crippen molar-refractivity contribution in [1.29, 1.82) is 0 Å². The number of hydrogen-bond acceptors (Lipinski definition) is 5. The first-order chi connectivity index (χ1) is 6.63. The summed E-state index contributed by atoms with van der Waals surface area (Å²) in [5.41, 5.74) is 5.39. The predicted octanol–water partition coefficient (Wildman–Crippen LogP) is 1.20. The maximum atomic E-state index is 11.2. The molecule has 1 rings (SSSR count). The molecular weight excluding hydrogens is 236 g/mol. The molecule has 1 aromatic heterocycles. The molecule has 1 heterocycles. The number of nitrogens with zero attached hydrogens (tertiary/aromatic N) is 2. The fourth-order valence-electron chi connectivity index (χ4n) is 0.838. The van der Waals surface area contributed by atoms with E-state index < -0.39 is 6.04 Å². The number of amides is 1. The minimum atomic E-state index is -0.520. The Morgan fingerprint density at radius 3 is 2.80 bits per heavy atom. The zero-order chi connectivity index (χ0) is 10.6. The molecule has 86 valence electrons. The molecule has 5 nitrogen and oxygen atoms in total. The largest absolute Gasteiger partial charge is 0.320 e. The lowest BCUT2D eigenvalue weighted by molar-refractivity contribution is -0.117. The van der Waals surface area contributed by atoms with Crippen LogP contribution in [0.15, 0.2) is 0 Å². The number of anilines is 1. The van der Waals surface area contributed by atoms with E-state index in [2.05, 4.69) is 22.4 Å². The lowest BCUT2D eigenvalue weighted by atomic mass is 10.3. The molecule has 0 saturated carbocycles. The van der Waals surface area contributed by atoms with E-state index in [1.807, 2.05) is 0 Å². The molecule has 0 aliphatic rings. The van der Waals surface area contributed by atoms with Crippen molar-refractivity contribution in [2.45, 2.75) is 32.7 Å². The van der Waals surface area contributed by atoms with E-state index in [-0.39, 0.29) is 18.3 Å². The third kappa shape index (κ3) is 4.55. The number of aromatic nitrogens is 2. The van der Waals surface area contributed by atoms with Gasteiger partial charge in [-0.3, -0.25) is 10.1 Å². The molecule has 0 aliphatic heterocycles. The first-order valence-corrected chi connectivity index (χ1v) is 5.34. The van der Waals surface area contributed by atoms with E-state index in [4.69, 9.17) is 5.73 Å². The Balaban J connectivity index is 0.00000196. The molecule has 0 spiro atoms. The fraction of sp³-hybridized carbons (Fsp3) is 0.625. The Kier molecular flexibility index (Phi) is 6.38. The van der Waals surface area contributed by atoms with Crippen LogP contribution in [-0.2, 0) is 11.2 Å². The summed E-state index contributed by atoms with van der Waals surface area (Å²) < 4.78 is 0. The summed E-state index contributed by atoms with van der Waals surface area (Å²) in [5, 5.41) is 11.8. The van der Waals surface area contributed by atoms with Gasteiger partial charge in [0.25, 0.3) is 0 Å². The Labute approximate surface area is 98.9 Å². The van der Waals surface area contributed by atoms with Crippen molar-refractivity contribution < 1.29 is 4.79 Å². The van der Waals surface area contributed by atoms with Crippen molar-refractivity contribution in [2.75, 3.05) is 5.32 Å². The predicted molar refractivity (Wildman–Crippen MR) is 63.4 cm³/mol. The number of rotatable bonds is 4. The number of nitrogens with two attached hydrogens (primary N) is 1. The number of carbonyl (C=O) groups is 1. The summed E-state index contributed by atoms with van der Waals surface area (Å²) in [6, 6.07) is -0.520. The number of nitrogens with one attached hydrogen (secondary N) is 1. The average Bonchev–Trinajstić information content (AvgIpc) is 2.53. The second-order valence-corrected chi connectivity index (χ2v) is 4.09. The van der Waals surface area contributed by atoms with Gasteiger partial charge in [0.1, 0.15) is 5.01 Å². The molecule has 1 aromatic rings. The van der Waals surface area contributed by atoms with E-state index in [0.717, 1.165) is 17.8 Å². The van der Waals surface area contributed by atoms with Gasteiger partial charge in [-0.05, 0) is 13.3 Å². The molecular formula is C8H15ClN4OS. The molecule has 0 aliphatic carbocycles. The second kappa shape index (κ2) is 6.71. The van der Waals surface area contributed by atoms with Gasteiger partial charge in [0.15, 0.2) is 0 Å². The van der Waals surface area contributed by atoms with Crippen molar-refractivity contribution in [3.05, 3.63) is 5.01 Å². The molecule has 1 atom stereocenters. The minimum Gasteiger partial charge on any atom is -0.320 e. The molecule has 0 fully saturated rings. The number of carbonyl (C=O) groups excluding carboxylic acids is 1. The van der Waals surface area contributed by atoms with Crippen LogP contribution in [0.25, 0.3) is 0 Å². The first-order valence-electron chi connectivity index (χ1n) is 4.52. The standard InChI is InChI=1S/C8H14N4OS.ClH/c1-3-4-6-11-12-8(14-6)10-7(13)5(2)9;/h5H,3-4,9H2,1-2H3,(H,10,12,13);1H/t5-;/m1./s1. The van der Waals surface area contributed by atoms with E-state index >= 15 is 0 Å². The summed E-state index contributed by atoms with van der Waals surface area (Å²) >= 11 is 1.39. The van der Waals surface area contributed by atoms with Gasteiger partial charge in [-0.2, -0.15) is 0 Å². The van der Waals surface area contributed by atoms with Crippen molar-refractivity contribution in [3.63, 3.8) is 0 Å². The van der Waals surface area contributed by atoms with Crippen LogP contribution in [0, 0.1) is 0 Å². The lowest BCUT2D eigenvalue weighted by Gasteiger charge is -2.02. The molecule has 0 unspecified atom stereocenters.